The minimum absolute atomic E-state index is 0.276. The Hall–Kier alpha value is -2.49. The molecule has 0 bridgehead atoms. The summed E-state index contributed by atoms with van der Waals surface area (Å²) in [5.41, 5.74) is -0.223. The number of nitrogens with zero attached hydrogens (tertiary/aromatic N) is 1. The highest BCUT2D eigenvalue weighted by Gasteiger charge is 2.72. The van der Waals surface area contributed by atoms with Gasteiger partial charge in [0.2, 0.25) is 5.78 Å². The van der Waals surface area contributed by atoms with Crippen molar-refractivity contribution in [1.29, 1.82) is 0 Å². The first kappa shape index (κ1) is 12.5. The maximum absolute atomic E-state index is 12.5. The minimum Gasteiger partial charge on any atom is -0.286 e. The fraction of sp³-hybridized carbons (Fsp3) is 0.188. The van der Waals surface area contributed by atoms with Gasteiger partial charge in [0.1, 0.15) is 0 Å². The first-order valence-electron chi connectivity index (χ1n) is 6.45. The smallest absolute Gasteiger partial charge is 0.286 e. The summed E-state index contributed by atoms with van der Waals surface area (Å²) in [5.74, 6) is -0.719. The first-order valence-corrected chi connectivity index (χ1v) is 6.45. The van der Waals surface area contributed by atoms with E-state index in [-0.39, 0.29) is 12.3 Å². The Morgan fingerprint density at radius 1 is 1.05 bits per heavy atom. The number of carbonyl (C=O) groups excluding carboxylic acids is 1. The Morgan fingerprint density at radius 3 is 2.15 bits per heavy atom. The third-order valence-electron chi connectivity index (χ3n) is 3.89. The van der Waals surface area contributed by atoms with Gasteiger partial charge in [-0.2, -0.15) is 0 Å². The van der Waals surface area contributed by atoms with E-state index < -0.39 is 16.2 Å². The van der Waals surface area contributed by atoms with Crippen molar-refractivity contribution in [2.45, 2.75) is 17.9 Å². The predicted molar refractivity (Wildman–Crippen MR) is 74.3 cm³/mol. The number of hydrogen-bond acceptors (Lipinski definition) is 3. The van der Waals surface area contributed by atoms with Crippen LogP contribution in [0.2, 0.25) is 0 Å². The van der Waals surface area contributed by atoms with Crippen LogP contribution in [0.5, 0.6) is 0 Å². The van der Waals surface area contributed by atoms with Gasteiger partial charge in [0, 0.05) is 16.9 Å². The van der Waals surface area contributed by atoms with Gasteiger partial charge < -0.3 is 0 Å². The van der Waals surface area contributed by atoms with E-state index in [0.29, 0.717) is 5.56 Å². The second kappa shape index (κ2) is 4.56. The molecule has 0 aromatic heterocycles. The van der Waals surface area contributed by atoms with Crippen LogP contribution in [0.4, 0.5) is 0 Å². The third-order valence-corrected chi connectivity index (χ3v) is 3.89. The average molecular weight is 267 g/mol. The molecule has 2 atom stereocenters. The molecule has 0 radical (unpaired) electrons. The molecule has 0 spiro atoms. The summed E-state index contributed by atoms with van der Waals surface area (Å²) < 4.78 is 0. The van der Waals surface area contributed by atoms with Gasteiger partial charge >= 0.3 is 0 Å². The molecular formula is C16H13NO3. The van der Waals surface area contributed by atoms with E-state index in [1.807, 2.05) is 30.3 Å². The van der Waals surface area contributed by atoms with Crippen LogP contribution in [-0.2, 0) is 0 Å². The summed E-state index contributed by atoms with van der Waals surface area (Å²) in [7, 11) is 0. The lowest BCUT2D eigenvalue weighted by atomic mass is 9.98. The second-order valence-electron chi connectivity index (χ2n) is 5.04. The largest absolute Gasteiger partial charge is 0.291 e. The highest BCUT2D eigenvalue weighted by atomic mass is 16.6. The van der Waals surface area contributed by atoms with Crippen molar-refractivity contribution in [3.8, 4) is 0 Å². The van der Waals surface area contributed by atoms with Crippen LogP contribution in [0, 0.1) is 10.1 Å². The Kier molecular flexibility index (Phi) is 2.86. The van der Waals surface area contributed by atoms with Crippen molar-refractivity contribution in [3.63, 3.8) is 0 Å². The topological polar surface area (TPSA) is 60.2 Å². The molecule has 4 nitrogen and oxygen atoms in total. The van der Waals surface area contributed by atoms with Crippen molar-refractivity contribution in [2.24, 2.45) is 0 Å². The molecule has 1 aliphatic rings. The van der Waals surface area contributed by atoms with E-state index >= 15 is 0 Å². The summed E-state index contributed by atoms with van der Waals surface area (Å²) in [6.07, 6.45) is 0.276. The molecule has 0 aliphatic heterocycles. The molecule has 2 aromatic rings. The fourth-order valence-corrected chi connectivity index (χ4v) is 2.71. The average Bonchev–Trinajstić information content (AvgIpc) is 3.25. The van der Waals surface area contributed by atoms with Gasteiger partial charge in [0.25, 0.3) is 5.54 Å². The molecule has 1 fully saturated rings. The van der Waals surface area contributed by atoms with E-state index in [2.05, 4.69) is 0 Å². The number of benzene rings is 2. The van der Waals surface area contributed by atoms with Crippen LogP contribution < -0.4 is 0 Å². The Labute approximate surface area is 116 Å². The summed E-state index contributed by atoms with van der Waals surface area (Å²) in [6, 6.07) is 17.7. The monoisotopic (exact) mass is 267 g/mol. The van der Waals surface area contributed by atoms with Gasteiger partial charge in [-0.3, -0.25) is 14.9 Å². The number of Topliss-reactive ketones (excluding diaryl/α,β-unsaturated/α-hetero) is 1. The molecule has 0 unspecified atom stereocenters. The normalized spacial score (nSPS) is 24.1. The van der Waals surface area contributed by atoms with Crippen LogP contribution in [0.1, 0.15) is 28.3 Å². The van der Waals surface area contributed by atoms with Crippen molar-refractivity contribution >= 4 is 5.78 Å². The van der Waals surface area contributed by atoms with E-state index in [4.69, 9.17) is 0 Å². The highest BCUT2D eigenvalue weighted by Crippen LogP contribution is 2.55. The molecule has 3 rings (SSSR count). The maximum Gasteiger partial charge on any atom is 0.291 e. The van der Waals surface area contributed by atoms with Gasteiger partial charge in [-0.1, -0.05) is 60.7 Å². The van der Waals surface area contributed by atoms with Gasteiger partial charge in [-0.15, -0.1) is 0 Å². The quantitative estimate of drug-likeness (QED) is 0.486. The second-order valence-corrected chi connectivity index (χ2v) is 5.04. The van der Waals surface area contributed by atoms with Crippen LogP contribution >= 0.6 is 0 Å². The molecule has 0 saturated heterocycles. The number of nitro groups is 1. The SMILES string of the molecule is O=C(c1ccccc1)[C@@]1([N+](=O)[O-])C[C@@H]1c1ccccc1. The summed E-state index contributed by atoms with van der Waals surface area (Å²) in [6.45, 7) is 0. The van der Waals surface area contributed by atoms with E-state index in [1.54, 1.807) is 30.3 Å². The van der Waals surface area contributed by atoms with Gasteiger partial charge in [0.15, 0.2) is 0 Å². The van der Waals surface area contributed by atoms with E-state index in [9.17, 15) is 14.9 Å². The van der Waals surface area contributed by atoms with Crippen LogP contribution in [0.3, 0.4) is 0 Å². The molecule has 2 aromatic carbocycles. The summed E-state index contributed by atoms with van der Waals surface area (Å²) in [4.78, 5) is 23.6. The Morgan fingerprint density at radius 2 is 1.60 bits per heavy atom. The van der Waals surface area contributed by atoms with E-state index in [0.717, 1.165) is 5.56 Å². The molecule has 4 heteroatoms. The van der Waals surface area contributed by atoms with Crippen molar-refractivity contribution < 1.29 is 9.72 Å². The Balaban J connectivity index is 1.97. The molecule has 0 heterocycles. The molecule has 20 heavy (non-hydrogen) atoms. The lowest BCUT2D eigenvalue weighted by molar-refractivity contribution is -0.521. The van der Waals surface area contributed by atoms with Crippen LogP contribution in [0.25, 0.3) is 0 Å². The molecule has 1 saturated carbocycles. The van der Waals surface area contributed by atoms with Gasteiger partial charge in [-0.25, -0.2) is 0 Å². The molecule has 0 N–H and O–H groups in total. The van der Waals surface area contributed by atoms with Gasteiger partial charge in [0.05, 0.1) is 5.92 Å². The summed E-state index contributed by atoms with van der Waals surface area (Å²) in [5, 5.41) is 11.5. The zero-order valence-corrected chi connectivity index (χ0v) is 10.7. The Bertz CT molecular complexity index is 654. The zero-order valence-electron chi connectivity index (χ0n) is 10.7. The van der Waals surface area contributed by atoms with Crippen LogP contribution in [-0.4, -0.2) is 16.2 Å². The van der Waals surface area contributed by atoms with Gasteiger partial charge in [-0.05, 0) is 5.56 Å². The lowest BCUT2D eigenvalue weighted by Gasteiger charge is -2.08. The molecular weight excluding hydrogens is 254 g/mol. The van der Waals surface area contributed by atoms with E-state index in [1.165, 1.54) is 0 Å². The maximum atomic E-state index is 12.5. The molecule has 100 valence electrons. The predicted octanol–water partition coefficient (Wildman–Crippen LogP) is 3.07. The number of rotatable bonds is 4. The zero-order chi connectivity index (χ0) is 14.2. The highest BCUT2D eigenvalue weighted by molar-refractivity contribution is 6.05. The number of hydrogen-bond donors (Lipinski definition) is 0. The first-order chi connectivity index (χ1) is 9.66. The van der Waals surface area contributed by atoms with Crippen molar-refractivity contribution in [3.05, 3.63) is 81.9 Å². The number of ketones is 1. The standard InChI is InChI=1S/C16H13NO3/c18-15(13-9-5-2-6-10-13)16(17(19)20)11-14(16)12-7-3-1-4-8-12/h1-10,14H,11H2/t14-,16-/m1/s1. The molecule has 0 amide bonds. The van der Waals surface area contributed by atoms with Crippen molar-refractivity contribution in [2.75, 3.05) is 0 Å². The number of carbonyl (C=O) groups is 1. The fourth-order valence-electron chi connectivity index (χ4n) is 2.71. The summed E-state index contributed by atoms with van der Waals surface area (Å²) >= 11 is 0. The molecule has 1 aliphatic carbocycles. The third kappa shape index (κ3) is 1.81. The van der Waals surface area contributed by atoms with Crippen molar-refractivity contribution in [1.82, 2.24) is 0 Å². The van der Waals surface area contributed by atoms with Crippen LogP contribution in [0.15, 0.2) is 60.7 Å². The lowest BCUT2D eigenvalue weighted by Crippen LogP contribution is -2.34. The minimum atomic E-state index is -1.48.